The van der Waals surface area contributed by atoms with E-state index in [1.807, 2.05) is 12.4 Å². The van der Waals surface area contributed by atoms with Crippen LogP contribution in [-0.2, 0) is 4.74 Å². The summed E-state index contributed by atoms with van der Waals surface area (Å²) in [4.78, 5) is 6.61. The van der Waals surface area contributed by atoms with E-state index in [-0.39, 0.29) is 5.60 Å². The zero-order valence-corrected chi connectivity index (χ0v) is 12.9. The van der Waals surface area contributed by atoms with Gasteiger partial charge in [0.1, 0.15) is 0 Å². The molecule has 0 bridgehead atoms. The van der Waals surface area contributed by atoms with E-state index >= 15 is 0 Å². The fourth-order valence-corrected chi connectivity index (χ4v) is 2.54. The van der Waals surface area contributed by atoms with Crippen LogP contribution in [0.15, 0.2) is 22.9 Å². The van der Waals surface area contributed by atoms with Crippen molar-refractivity contribution in [2.45, 2.75) is 38.7 Å². The van der Waals surface area contributed by atoms with Crippen molar-refractivity contribution in [1.29, 1.82) is 0 Å². The summed E-state index contributed by atoms with van der Waals surface area (Å²) < 4.78 is 6.88. The van der Waals surface area contributed by atoms with Crippen LogP contribution in [0, 0.1) is 0 Å². The molecular weight excluding hydrogens is 292 g/mol. The number of halogens is 1. The summed E-state index contributed by atoms with van der Waals surface area (Å²) in [5.41, 5.74) is 1.26. The Morgan fingerprint density at radius 3 is 2.89 bits per heavy atom. The Bertz CT molecular complexity index is 403. The van der Waals surface area contributed by atoms with E-state index in [0.717, 1.165) is 24.3 Å². The van der Waals surface area contributed by atoms with Crippen molar-refractivity contribution in [2.24, 2.45) is 0 Å². The van der Waals surface area contributed by atoms with Crippen LogP contribution in [0.3, 0.4) is 0 Å². The molecule has 1 atom stereocenters. The maximum atomic E-state index is 5.82. The van der Waals surface area contributed by atoms with Gasteiger partial charge in [-0.05, 0) is 60.7 Å². The Hall–Kier alpha value is -0.450. The first kappa shape index (κ1) is 14.0. The van der Waals surface area contributed by atoms with Crippen LogP contribution in [0.4, 0.5) is 0 Å². The van der Waals surface area contributed by atoms with Gasteiger partial charge in [0.05, 0.1) is 12.3 Å². The smallest absolute Gasteiger partial charge is 0.0997 e. The van der Waals surface area contributed by atoms with E-state index in [0.29, 0.717) is 5.92 Å². The number of aromatic nitrogens is 1. The second kappa shape index (κ2) is 5.68. The van der Waals surface area contributed by atoms with Crippen molar-refractivity contribution in [3.05, 3.63) is 28.5 Å². The minimum atomic E-state index is -0.0601. The molecule has 18 heavy (non-hydrogen) atoms. The molecule has 1 aliphatic rings. The van der Waals surface area contributed by atoms with E-state index in [1.165, 1.54) is 12.0 Å². The van der Waals surface area contributed by atoms with E-state index in [4.69, 9.17) is 4.74 Å². The quantitative estimate of drug-likeness (QED) is 0.855. The van der Waals surface area contributed by atoms with Gasteiger partial charge in [-0.2, -0.15) is 0 Å². The van der Waals surface area contributed by atoms with Gasteiger partial charge in [-0.25, -0.2) is 0 Å². The zero-order chi connectivity index (χ0) is 13.2. The molecule has 3 nitrogen and oxygen atoms in total. The Morgan fingerprint density at radius 2 is 2.22 bits per heavy atom. The summed E-state index contributed by atoms with van der Waals surface area (Å²) in [6, 6.07) is 2.17. The van der Waals surface area contributed by atoms with E-state index in [1.54, 1.807) is 0 Å². The standard InChI is InChI=1S/C14H21BrN2O/c1-14(2,3)18-10-17-5-4-11(9-17)12-6-13(15)8-16-7-12/h6-8,11H,4-5,9-10H2,1-3H3. The van der Waals surface area contributed by atoms with Crippen LogP contribution in [0.25, 0.3) is 0 Å². The van der Waals surface area contributed by atoms with Crippen LogP contribution in [0.5, 0.6) is 0 Å². The maximum absolute atomic E-state index is 5.82. The first-order valence-electron chi connectivity index (χ1n) is 6.41. The van der Waals surface area contributed by atoms with Crippen molar-refractivity contribution < 1.29 is 4.74 Å². The number of likely N-dealkylation sites (tertiary alicyclic amines) is 1. The Balaban J connectivity index is 1.89. The highest BCUT2D eigenvalue weighted by Gasteiger charge is 2.25. The second-order valence-corrected chi connectivity index (χ2v) is 6.80. The first-order valence-corrected chi connectivity index (χ1v) is 7.20. The van der Waals surface area contributed by atoms with Crippen LogP contribution < -0.4 is 0 Å². The third-order valence-electron chi connectivity index (χ3n) is 3.15. The van der Waals surface area contributed by atoms with E-state index in [2.05, 4.69) is 52.7 Å². The summed E-state index contributed by atoms with van der Waals surface area (Å²) in [5, 5.41) is 0. The predicted molar refractivity (Wildman–Crippen MR) is 76.6 cm³/mol. The van der Waals surface area contributed by atoms with Crippen LogP contribution >= 0.6 is 15.9 Å². The molecule has 1 aliphatic heterocycles. The van der Waals surface area contributed by atoms with Gasteiger partial charge in [-0.3, -0.25) is 9.88 Å². The van der Waals surface area contributed by atoms with Gasteiger partial charge in [0.2, 0.25) is 0 Å². The number of pyridine rings is 1. The fraction of sp³-hybridized carbons (Fsp3) is 0.643. The highest BCUT2D eigenvalue weighted by Crippen LogP contribution is 2.28. The SMILES string of the molecule is CC(C)(C)OCN1CCC(c2cncc(Br)c2)C1. The number of ether oxygens (including phenoxy) is 1. The average Bonchev–Trinajstić information content (AvgIpc) is 2.74. The number of hydrogen-bond donors (Lipinski definition) is 0. The average molecular weight is 313 g/mol. The maximum Gasteiger partial charge on any atom is 0.0997 e. The van der Waals surface area contributed by atoms with Crippen LogP contribution in [0.2, 0.25) is 0 Å². The molecule has 0 radical (unpaired) electrons. The van der Waals surface area contributed by atoms with Gasteiger partial charge in [-0.15, -0.1) is 0 Å². The molecule has 1 fully saturated rings. The normalized spacial score (nSPS) is 21.4. The molecular formula is C14H21BrN2O. The van der Waals surface area contributed by atoms with Crippen LogP contribution in [0.1, 0.15) is 38.7 Å². The molecule has 1 aromatic heterocycles. The molecule has 4 heteroatoms. The Morgan fingerprint density at radius 1 is 1.44 bits per heavy atom. The number of nitrogens with zero attached hydrogens (tertiary/aromatic N) is 2. The zero-order valence-electron chi connectivity index (χ0n) is 11.3. The first-order chi connectivity index (χ1) is 8.44. The molecule has 1 unspecified atom stereocenters. The van der Waals surface area contributed by atoms with Gasteiger partial charge < -0.3 is 4.74 Å². The van der Waals surface area contributed by atoms with Gasteiger partial charge in [0.15, 0.2) is 0 Å². The molecule has 0 aromatic carbocycles. The third-order valence-corrected chi connectivity index (χ3v) is 3.58. The minimum absolute atomic E-state index is 0.0601. The molecule has 0 N–H and O–H groups in total. The molecule has 0 amide bonds. The molecule has 0 aliphatic carbocycles. The summed E-state index contributed by atoms with van der Waals surface area (Å²) in [5.74, 6) is 0.582. The molecule has 2 heterocycles. The molecule has 0 spiro atoms. The summed E-state index contributed by atoms with van der Waals surface area (Å²) in [7, 11) is 0. The lowest BCUT2D eigenvalue weighted by Gasteiger charge is -2.24. The predicted octanol–water partition coefficient (Wildman–Crippen LogP) is 3.41. The van der Waals surface area contributed by atoms with Crippen molar-refractivity contribution in [2.75, 3.05) is 19.8 Å². The lowest BCUT2D eigenvalue weighted by molar-refractivity contribution is -0.0569. The van der Waals surface area contributed by atoms with E-state index < -0.39 is 0 Å². The highest BCUT2D eigenvalue weighted by atomic mass is 79.9. The van der Waals surface area contributed by atoms with Crippen molar-refractivity contribution in [1.82, 2.24) is 9.88 Å². The van der Waals surface area contributed by atoms with Crippen molar-refractivity contribution in [3.8, 4) is 0 Å². The second-order valence-electron chi connectivity index (χ2n) is 5.88. The van der Waals surface area contributed by atoms with Crippen molar-refractivity contribution in [3.63, 3.8) is 0 Å². The topological polar surface area (TPSA) is 25.4 Å². The Labute approximate surface area is 118 Å². The van der Waals surface area contributed by atoms with Gasteiger partial charge >= 0.3 is 0 Å². The molecule has 2 rings (SSSR count). The van der Waals surface area contributed by atoms with E-state index in [9.17, 15) is 0 Å². The Kier molecular flexibility index (Phi) is 4.41. The monoisotopic (exact) mass is 312 g/mol. The minimum Gasteiger partial charge on any atom is -0.360 e. The molecule has 1 aromatic rings. The van der Waals surface area contributed by atoms with Gasteiger partial charge in [0, 0.05) is 30.0 Å². The number of hydrogen-bond acceptors (Lipinski definition) is 3. The lowest BCUT2D eigenvalue weighted by Crippen LogP contribution is -2.30. The largest absolute Gasteiger partial charge is 0.360 e. The lowest BCUT2D eigenvalue weighted by atomic mass is 10.0. The molecule has 100 valence electrons. The third kappa shape index (κ3) is 4.04. The number of rotatable bonds is 3. The molecule has 1 saturated heterocycles. The summed E-state index contributed by atoms with van der Waals surface area (Å²) in [6.07, 6.45) is 4.99. The van der Waals surface area contributed by atoms with Gasteiger partial charge in [-0.1, -0.05) is 0 Å². The summed E-state index contributed by atoms with van der Waals surface area (Å²) >= 11 is 3.48. The van der Waals surface area contributed by atoms with Gasteiger partial charge in [0.25, 0.3) is 0 Å². The highest BCUT2D eigenvalue weighted by molar-refractivity contribution is 9.10. The van der Waals surface area contributed by atoms with Crippen LogP contribution in [-0.4, -0.2) is 35.3 Å². The molecule has 0 saturated carbocycles. The summed E-state index contributed by atoms with van der Waals surface area (Å²) in [6.45, 7) is 9.18. The fourth-order valence-electron chi connectivity index (χ4n) is 2.16. The van der Waals surface area contributed by atoms with Crippen molar-refractivity contribution >= 4 is 15.9 Å².